The van der Waals surface area contributed by atoms with Gasteiger partial charge in [-0.15, -0.1) is 0 Å². The highest BCUT2D eigenvalue weighted by Crippen LogP contribution is 2.14. The lowest BCUT2D eigenvalue weighted by Gasteiger charge is -2.18. The van der Waals surface area contributed by atoms with Gasteiger partial charge >= 0.3 is 17.9 Å². The van der Waals surface area contributed by atoms with Crippen LogP contribution in [0.4, 0.5) is 0 Å². The molecule has 0 saturated carbocycles. The molecule has 0 amide bonds. The van der Waals surface area contributed by atoms with Crippen molar-refractivity contribution in [1.82, 2.24) is 0 Å². The third-order valence-corrected chi connectivity index (χ3v) is 12.8. The number of rotatable bonds is 54. The molecule has 0 aromatic rings. The van der Waals surface area contributed by atoms with E-state index in [2.05, 4.69) is 118 Å². The van der Waals surface area contributed by atoms with Crippen molar-refractivity contribution in [2.24, 2.45) is 0 Å². The summed E-state index contributed by atoms with van der Waals surface area (Å²) in [5.74, 6) is -0.982. The van der Waals surface area contributed by atoms with Crippen molar-refractivity contribution in [2.75, 3.05) is 13.2 Å². The van der Waals surface area contributed by atoms with Gasteiger partial charge in [0.1, 0.15) is 13.2 Å². The van der Waals surface area contributed by atoms with E-state index in [1.165, 1.54) is 148 Å². The van der Waals surface area contributed by atoms with Crippen LogP contribution in [-0.4, -0.2) is 37.2 Å². The average molecular weight is 1000 g/mol. The Labute approximate surface area is 445 Å². The molecule has 0 bridgehead atoms. The molecule has 412 valence electrons. The first-order valence-corrected chi connectivity index (χ1v) is 30.3. The number of ether oxygens (including phenoxy) is 3. The fourth-order valence-corrected chi connectivity index (χ4v) is 8.25. The van der Waals surface area contributed by atoms with Crippen LogP contribution in [0.1, 0.15) is 284 Å². The summed E-state index contributed by atoms with van der Waals surface area (Å²) in [6, 6.07) is 0. The molecule has 0 N–H and O–H groups in total. The van der Waals surface area contributed by atoms with Gasteiger partial charge in [0.15, 0.2) is 6.10 Å². The van der Waals surface area contributed by atoms with Crippen LogP contribution in [0.2, 0.25) is 0 Å². The summed E-state index contributed by atoms with van der Waals surface area (Å²) in [5, 5.41) is 0. The first-order valence-electron chi connectivity index (χ1n) is 30.3. The van der Waals surface area contributed by atoms with Gasteiger partial charge in [0.25, 0.3) is 0 Å². The zero-order valence-corrected chi connectivity index (χ0v) is 47.2. The van der Waals surface area contributed by atoms with Crippen LogP contribution in [0.15, 0.2) is 97.2 Å². The summed E-state index contributed by atoms with van der Waals surface area (Å²) in [6.45, 7) is 6.54. The van der Waals surface area contributed by atoms with Crippen LogP contribution in [0, 0.1) is 0 Å². The van der Waals surface area contributed by atoms with Crippen molar-refractivity contribution in [3.8, 4) is 0 Å². The minimum absolute atomic E-state index is 0.105. The summed E-state index contributed by atoms with van der Waals surface area (Å²) < 4.78 is 16.8. The van der Waals surface area contributed by atoms with Gasteiger partial charge < -0.3 is 14.2 Å². The molecule has 0 radical (unpaired) electrons. The number of unbranched alkanes of at least 4 members (excludes halogenated alkanes) is 29. The number of hydrogen-bond acceptors (Lipinski definition) is 6. The molecule has 0 spiro atoms. The second-order valence-corrected chi connectivity index (χ2v) is 20.0. The van der Waals surface area contributed by atoms with Crippen molar-refractivity contribution in [3.05, 3.63) is 97.2 Å². The zero-order valence-electron chi connectivity index (χ0n) is 47.2. The molecule has 1 atom stereocenters. The second-order valence-electron chi connectivity index (χ2n) is 20.0. The van der Waals surface area contributed by atoms with E-state index in [9.17, 15) is 14.4 Å². The first kappa shape index (κ1) is 68.3. The van der Waals surface area contributed by atoms with Crippen LogP contribution in [0.25, 0.3) is 0 Å². The van der Waals surface area contributed by atoms with E-state index in [0.29, 0.717) is 19.3 Å². The van der Waals surface area contributed by atoms with Crippen LogP contribution >= 0.6 is 0 Å². The molecule has 0 fully saturated rings. The van der Waals surface area contributed by atoms with Gasteiger partial charge in [-0.1, -0.05) is 253 Å². The molecule has 0 aliphatic rings. The standard InChI is InChI=1S/C66H112O6/c1-4-7-10-13-16-19-22-25-28-31-33-36-38-41-44-47-50-53-56-59-65(68)71-62-63(61-70-64(67)58-55-52-49-46-43-40-37-34-30-27-24-21-18-15-12-9-6-3)72-66(69)60-57-54-51-48-45-42-39-35-32-29-26-23-20-17-14-11-8-5-2/h18,21,23,26-27,29-33,35,37,39-40,46,49,63H,4-17,19-20,22,24-25,28,34,36,38,41-45,47-48,50-62H2,1-3H3/b21-18-,26-23-,30-27-,32-29-,33-31-,39-35-,40-37-,49-46-. The third-order valence-electron chi connectivity index (χ3n) is 12.8. The van der Waals surface area contributed by atoms with Crippen LogP contribution in [0.5, 0.6) is 0 Å². The van der Waals surface area contributed by atoms with Crippen LogP contribution < -0.4 is 0 Å². The van der Waals surface area contributed by atoms with E-state index < -0.39 is 6.10 Å². The maximum absolute atomic E-state index is 12.9. The summed E-state index contributed by atoms with van der Waals surface area (Å²) in [5.41, 5.74) is 0. The summed E-state index contributed by atoms with van der Waals surface area (Å²) in [7, 11) is 0. The molecule has 0 saturated heterocycles. The van der Waals surface area contributed by atoms with E-state index in [4.69, 9.17) is 14.2 Å². The predicted octanol–water partition coefficient (Wildman–Crippen LogP) is 20.5. The Morgan fingerprint density at radius 1 is 0.292 bits per heavy atom. The minimum Gasteiger partial charge on any atom is -0.462 e. The van der Waals surface area contributed by atoms with Crippen molar-refractivity contribution >= 4 is 17.9 Å². The number of hydrogen-bond donors (Lipinski definition) is 0. The van der Waals surface area contributed by atoms with E-state index in [1.807, 2.05) is 0 Å². The van der Waals surface area contributed by atoms with Gasteiger partial charge in [-0.05, 0) is 109 Å². The smallest absolute Gasteiger partial charge is 0.306 e. The molecule has 0 aromatic heterocycles. The molecule has 6 nitrogen and oxygen atoms in total. The van der Waals surface area contributed by atoms with E-state index in [0.717, 1.165) is 89.9 Å². The maximum Gasteiger partial charge on any atom is 0.306 e. The third kappa shape index (κ3) is 57.2. The van der Waals surface area contributed by atoms with Gasteiger partial charge in [-0.3, -0.25) is 14.4 Å². The van der Waals surface area contributed by atoms with Gasteiger partial charge in [-0.2, -0.15) is 0 Å². The zero-order chi connectivity index (χ0) is 52.2. The first-order chi connectivity index (χ1) is 35.5. The summed E-state index contributed by atoms with van der Waals surface area (Å²) in [4.78, 5) is 38.2. The lowest BCUT2D eigenvalue weighted by atomic mass is 10.1. The highest BCUT2D eigenvalue weighted by molar-refractivity contribution is 5.71. The topological polar surface area (TPSA) is 78.9 Å². The van der Waals surface area contributed by atoms with E-state index in [1.54, 1.807) is 0 Å². The summed E-state index contributed by atoms with van der Waals surface area (Å²) >= 11 is 0. The van der Waals surface area contributed by atoms with Gasteiger partial charge in [0, 0.05) is 19.3 Å². The minimum atomic E-state index is -0.814. The van der Waals surface area contributed by atoms with Crippen molar-refractivity contribution < 1.29 is 28.6 Å². The Bertz CT molecular complexity index is 1430. The summed E-state index contributed by atoms with van der Waals surface area (Å²) in [6.07, 6.45) is 79.7. The van der Waals surface area contributed by atoms with Crippen LogP contribution in [0.3, 0.4) is 0 Å². The quantitative estimate of drug-likeness (QED) is 0.0199. The Balaban J connectivity index is 4.51. The van der Waals surface area contributed by atoms with Gasteiger partial charge in [0.05, 0.1) is 0 Å². The second kappa shape index (κ2) is 59.9. The Kier molecular flexibility index (Phi) is 56.8. The molecule has 0 rings (SSSR count). The maximum atomic E-state index is 12.9. The molecular weight excluding hydrogens is 889 g/mol. The molecule has 0 heterocycles. The molecule has 1 unspecified atom stereocenters. The monoisotopic (exact) mass is 1000 g/mol. The van der Waals surface area contributed by atoms with Gasteiger partial charge in [-0.25, -0.2) is 0 Å². The largest absolute Gasteiger partial charge is 0.462 e. The lowest BCUT2D eigenvalue weighted by molar-refractivity contribution is -0.167. The fraction of sp³-hybridized carbons (Fsp3) is 0.712. The Morgan fingerprint density at radius 3 is 0.986 bits per heavy atom. The number of carbonyl (C=O) groups excluding carboxylic acids is 3. The predicted molar refractivity (Wildman–Crippen MR) is 311 cm³/mol. The number of carbonyl (C=O) groups is 3. The highest BCUT2D eigenvalue weighted by Gasteiger charge is 2.19. The van der Waals surface area contributed by atoms with E-state index in [-0.39, 0.29) is 37.5 Å². The van der Waals surface area contributed by atoms with Crippen molar-refractivity contribution in [3.63, 3.8) is 0 Å². The molecule has 0 aromatic carbocycles. The van der Waals surface area contributed by atoms with Gasteiger partial charge in [0.2, 0.25) is 0 Å². The Hall–Kier alpha value is -3.67. The van der Waals surface area contributed by atoms with E-state index >= 15 is 0 Å². The van der Waals surface area contributed by atoms with Crippen molar-refractivity contribution in [2.45, 2.75) is 290 Å². The average Bonchev–Trinajstić information content (AvgIpc) is 3.38. The number of esters is 3. The lowest BCUT2D eigenvalue weighted by Crippen LogP contribution is -2.30. The van der Waals surface area contributed by atoms with Crippen molar-refractivity contribution in [1.29, 1.82) is 0 Å². The Morgan fingerprint density at radius 2 is 0.569 bits per heavy atom. The number of allylic oxidation sites excluding steroid dienone is 16. The SMILES string of the molecule is CCCCC/C=C\C/C=C\C/C=C\C/C=C\CCCC(=O)OCC(COC(=O)CCCCCCCCC/C=C\CCCCCCCCCC)OC(=O)CCCCCCC\C=C/C=C\C=C/CCCCCCC. The van der Waals surface area contributed by atoms with Crippen LogP contribution in [-0.2, 0) is 28.6 Å². The molecule has 0 aliphatic carbocycles. The molecule has 72 heavy (non-hydrogen) atoms. The highest BCUT2D eigenvalue weighted by atomic mass is 16.6. The normalized spacial score (nSPS) is 12.8. The molecule has 0 aliphatic heterocycles. The molecule has 6 heteroatoms. The molecular formula is C66H112O6. The fourth-order valence-electron chi connectivity index (χ4n) is 8.25.